The quantitative estimate of drug-likeness (QED) is 0.804. The van der Waals surface area contributed by atoms with Gasteiger partial charge in [-0.15, -0.1) is 0 Å². The van der Waals surface area contributed by atoms with Crippen molar-refractivity contribution in [1.29, 1.82) is 0 Å². The van der Waals surface area contributed by atoms with Crippen LogP contribution >= 0.6 is 0 Å². The fourth-order valence-corrected chi connectivity index (χ4v) is 1.51. The minimum atomic E-state index is -4.89. The Morgan fingerprint density at radius 1 is 1.00 bits per heavy atom. The zero-order valence-corrected chi connectivity index (χ0v) is 9.17. The van der Waals surface area contributed by atoms with Gasteiger partial charge >= 0.3 is 6.18 Å². The number of pyridine rings is 1. The molecule has 0 spiro atoms. The number of nitrogens with zero attached hydrogens (tertiary/aromatic N) is 1. The van der Waals surface area contributed by atoms with E-state index in [1.165, 1.54) is 0 Å². The van der Waals surface area contributed by atoms with E-state index in [2.05, 4.69) is 4.98 Å². The molecule has 0 atom stereocenters. The summed E-state index contributed by atoms with van der Waals surface area (Å²) in [5, 5.41) is 9.09. The van der Waals surface area contributed by atoms with Crippen molar-refractivity contribution in [2.45, 2.75) is 6.18 Å². The Hall–Kier alpha value is -2.18. The van der Waals surface area contributed by atoms with E-state index in [1.54, 1.807) is 0 Å². The van der Waals surface area contributed by atoms with Crippen molar-refractivity contribution < 1.29 is 27.1 Å². The summed E-state index contributed by atoms with van der Waals surface area (Å²) >= 11 is 0. The molecule has 0 aliphatic carbocycles. The standard InChI is InChI=1S/C12H6F5NO/c13-7-3-1-2-6(10(7)14)8-4-5-9(19)11(18-8)12(15,16)17/h1-5,19H. The highest BCUT2D eigenvalue weighted by Gasteiger charge is 2.36. The van der Waals surface area contributed by atoms with Crippen LogP contribution < -0.4 is 0 Å². The molecule has 0 radical (unpaired) electrons. The molecule has 1 N–H and O–H groups in total. The first-order valence-electron chi connectivity index (χ1n) is 5.02. The Morgan fingerprint density at radius 2 is 1.68 bits per heavy atom. The molecule has 0 saturated carbocycles. The predicted molar refractivity (Wildman–Crippen MR) is 56.3 cm³/mol. The van der Waals surface area contributed by atoms with Crippen LogP contribution in [0.2, 0.25) is 0 Å². The van der Waals surface area contributed by atoms with Crippen LogP contribution in [-0.4, -0.2) is 10.1 Å². The van der Waals surface area contributed by atoms with Crippen LogP contribution in [0.1, 0.15) is 5.69 Å². The highest BCUT2D eigenvalue weighted by Crippen LogP contribution is 2.36. The highest BCUT2D eigenvalue weighted by molar-refractivity contribution is 5.61. The normalized spacial score (nSPS) is 11.6. The SMILES string of the molecule is Oc1ccc(-c2cccc(F)c2F)nc1C(F)(F)F. The number of alkyl halides is 3. The Labute approximate surface area is 104 Å². The lowest BCUT2D eigenvalue weighted by atomic mass is 10.1. The summed E-state index contributed by atoms with van der Waals surface area (Å²) in [6.07, 6.45) is -4.89. The first-order chi connectivity index (χ1) is 8.80. The highest BCUT2D eigenvalue weighted by atomic mass is 19.4. The van der Waals surface area contributed by atoms with E-state index in [-0.39, 0.29) is 0 Å². The minimum absolute atomic E-state index is 0.412. The monoisotopic (exact) mass is 275 g/mol. The van der Waals surface area contributed by atoms with Crippen molar-refractivity contribution in [3.05, 3.63) is 47.7 Å². The van der Waals surface area contributed by atoms with Crippen molar-refractivity contribution in [3.63, 3.8) is 0 Å². The Kier molecular flexibility index (Phi) is 3.13. The molecule has 7 heteroatoms. The molecule has 100 valence electrons. The summed E-state index contributed by atoms with van der Waals surface area (Å²) in [4.78, 5) is 3.13. The van der Waals surface area contributed by atoms with E-state index in [9.17, 15) is 22.0 Å². The number of rotatable bonds is 1. The first kappa shape index (κ1) is 13.3. The molecule has 0 bridgehead atoms. The number of benzene rings is 1. The number of aromatic nitrogens is 1. The summed E-state index contributed by atoms with van der Waals surface area (Å²) < 4.78 is 64.1. The number of hydrogen-bond donors (Lipinski definition) is 1. The molecule has 2 nitrogen and oxygen atoms in total. The van der Waals surface area contributed by atoms with Gasteiger partial charge in [0.2, 0.25) is 0 Å². The third kappa shape index (κ3) is 2.49. The van der Waals surface area contributed by atoms with Gasteiger partial charge in [-0.1, -0.05) is 6.07 Å². The fraction of sp³-hybridized carbons (Fsp3) is 0.0833. The van der Waals surface area contributed by atoms with Crippen molar-refractivity contribution in [2.75, 3.05) is 0 Å². The Morgan fingerprint density at radius 3 is 2.32 bits per heavy atom. The smallest absolute Gasteiger partial charge is 0.437 e. The summed E-state index contributed by atoms with van der Waals surface area (Å²) in [6, 6.07) is 4.79. The molecule has 0 saturated heterocycles. The largest absolute Gasteiger partial charge is 0.506 e. The summed E-state index contributed by atoms with van der Waals surface area (Å²) in [7, 11) is 0. The molecule has 0 fully saturated rings. The summed E-state index contributed by atoms with van der Waals surface area (Å²) in [6.45, 7) is 0. The molecule has 1 aromatic carbocycles. The predicted octanol–water partition coefficient (Wildman–Crippen LogP) is 3.75. The van der Waals surface area contributed by atoms with Crippen LogP contribution in [0.4, 0.5) is 22.0 Å². The van der Waals surface area contributed by atoms with Gasteiger partial charge in [0, 0.05) is 5.56 Å². The Balaban J connectivity index is 2.62. The van der Waals surface area contributed by atoms with Gasteiger partial charge in [0.15, 0.2) is 17.3 Å². The van der Waals surface area contributed by atoms with E-state index in [4.69, 9.17) is 5.11 Å². The molecule has 0 amide bonds. The maximum absolute atomic E-state index is 13.5. The van der Waals surface area contributed by atoms with Crippen molar-refractivity contribution in [3.8, 4) is 17.0 Å². The summed E-state index contributed by atoms with van der Waals surface area (Å²) in [5.74, 6) is -3.57. The molecule has 2 rings (SSSR count). The molecule has 1 heterocycles. The second-order valence-electron chi connectivity index (χ2n) is 3.66. The average Bonchev–Trinajstić information content (AvgIpc) is 2.32. The van der Waals surface area contributed by atoms with Gasteiger partial charge in [0.05, 0.1) is 5.69 Å². The van der Waals surface area contributed by atoms with Crippen LogP contribution in [0.15, 0.2) is 30.3 Å². The average molecular weight is 275 g/mol. The molecule has 0 aliphatic rings. The number of aromatic hydroxyl groups is 1. The topological polar surface area (TPSA) is 33.1 Å². The molecular weight excluding hydrogens is 269 g/mol. The van der Waals surface area contributed by atoms with Gasteiger partial charge in [-0.2, -0.15) is 13.2 Å². The minimum Gasteiger partial charge on any atom is -0.506 e. The van der Waals surface area contributed by atoms with Gasteiger partial charge < -0.3 is 5.11 Å². The van der Waals surface area contributed by atoms with Crippen LogP contribution in [0.5, 0.6) is 5.75 Å². The van der Waals surface area contributed by atoms with Crippen LogP contribution in [0.25, 0.3) is 11.3 Å². The zero-order chi connectivity index (χ0) is 14.2. The second-order valence-corrected chi connectivity index (χ2v) is 3.66. The molecule has 19 heavy (non-hydrogen) atoms. The fourth-order valence-electron chi connectivity index (χ4n) is 1.51. The lowest BCUT2D eigenvalue weighted by Gasteiger charge is -2.10. The van der Waals surface area contributed by atoms with Gasteiger partial charge in [0.25, 0.3) is 0 Å². The van der Waals surface area contributed by atoms with Crippen LogP contribution in [-0.2, 0) is 6.18 Å². The molecule has 0 unspecified atom stereocenters. The first-order valence-corrected chi connectivity index (χ1v) is 5.02. The second kappa shape index (κ2) is 4.49. The third-order valence-electron chi connectivity index (χ3n) is 2.37. The number of halogens is 5. The number of hydrogen-bond acceptors (Lipinski definition) is 2. The van der Waals surface area contributed by atoms with E-state index in [0.717, 1.165) is 30.3 Å². The van der Waals surface area contributed by atoms with Gasteiger partial charge in [-0.25, -0.2) is 13.8 Å². The Bertz CT molecular complexity index is 624. The van der Waals surface area contributed by atoms with E-state index in [0.29, 0.717) is 0 Å². The zero-order valence-electron chi connectivity index (χ0n) is 9.17. The van der Waals surface area contributed by atoms with Crippen molar-refractivity contribution in [1.82, 2.24) is 4.98 Å². The van der Waals surface area contributed by atoms with Crippen molar-refractivity contribution >= 4 is 0 Å². The molecule has 1 aromatic heterocycles. The van der Waals surface area contributed by atoms with Crippen molar-refractivity contribution in [2.24, 2.45) is 0 Å². The van der Waals surface area contributed by atoms with Gasteiger partial charge in [-0.05, 0) is 24.3 Å². The third-order valence-corrected chi connectivity index (χ3v) is 2.37. The van der Waals surface area contributed by atoms with Crippen LogP contribution in [0.3, 0.4) is 0 Å². The van der Waals surface area contributed by atoms with E-state index in [1.807, 2.05) is 0 Å². The van der Waals surface area contributed by atoms with E-state index >= 15 is 0 Å². The maximum Gasteiger partial charge on any atom is 0.437 e. The summed E-state index contributed by atoms with van der Waals surface area (Å²) in [5.41, 5.74) is -2.37. The van der Waals surface area contributed by atoms with Gasteiger partial charge in [-0.3, -0.25) is 0 Å². The lowest BCUT2D eigenvalue weighted by Crippen LogP contribution is -2.09. The molecule has 0 aliphatic heterocycles. The molecule has 2 aromatic rings. The van der Waals surface area contributed by atoms with E-state index < -0.39 is 40.5 Å². The maximum atomic E-state index is 13.5. The van der Waals surface area contributed by atoms with Gasteiger partial charge in [0.1, 0.15) is 5.75 Å². The van der Waals surface area contributed by atoms with Crippen LogP contribution in [0, 0.1) is 11.6 Å². The molecular formula is C12H6F5NO. The lowest BCUT2D eigenvalue weighted by molar-refractivity contribution is -0.142.